The second kappa shape index (κ2) is 7.43. The molecule has 124 valence electrons. The molecule has 0 radical (unpaired) electrons. The Morgan fingerprint density at radius 2 is 1.95 bits per heavy atom. The smallest absolute Gasteiger partial charge is 0.0195 e. The number of nitrogens with zero attached hydrogens (tertiary/aromatic N) is 2. The number of nitrogens with one attached hydrogen (secondary N) is 1. The molecule has 1 N–H and O–H groups in total. The summed E-state index contributed by atoms with van der Waals surface area (Å²) in [6, 6.07) is 1.46. The quantitative estimate of drug-likeness (QED) is 0.841. The Morgan fingerprint density at radius 3 is 2.57 bits per heavy atom. The maximum absolute atomic E-state index is 3.76. The lowest BCUT2D eigenvalue weighted by Crippen LogP contribution is -2.55. The van der Waals surface area contributed by atoms with Crippen molar-refractivity contribution in [3.8, 4) is 0 Å². The van der Waals surface area contributed by atoms with Gasteiger partial charge < -0.3 is 10.2 Å². The molecule has 0 aromatic rings. The van der Waals surface area contributed by atoms with Gasteiger partial charge in [0.05, 0.1) is 0 Å². The van der Waals surface area contributed by atoms with Crippen molar-refractivity contribution in [1.82, 2.24) is 15.1 Å². The van der Waals surface area contributed by atoms with Gasteiger partial charge in [0.1, 0.15) is 0 Å². The fourth-order valence-electron chi connectivity index (χ4n) is 4.50. The fraction of sp³-hybridized carbons (Fsp3) is 1.00. The second-order valence-electron chi connectivity index (χ2n) is 8.07. The highest BCUT2D eigenvalue weighted by molar-refractivity contribution is 4.91. The third-order valence-corrected chi connectivity index (χ3v) is 5.73. The molecule has 1 saturated carbocycles. The van der Waals surface area contributed by atoms with Crippen LogP contribution in [0.4, 0.5) is 0 Å². The van der Waals surface area contributed by atoms with Crippen LogP contribution in [0, 0.1) is 11.3 Å². The third-order valence-electron chi connectivity index (χ3n) is 5.73. The molecule has 0 amide bonds. The average Bonchev–Trinajstić information content (AvgIpc) is 2.42. The summed E-state index contributed by atoms with van der Waals surface area (Å²) in [5.41, 5.74) is 0.535. The molecule has 0 spiro atoms. The minimum Gasteiger partial charge on any atom is -0.314 e. The normalized spacial score (nSPS) is 35.0. The summed E-state index contributed by atoms with van der Waals surface area (Å²) < 4.78 is 0. The molecule has 2 aliphatic rings. The van der Waals surface area contributed by atoms with Gasteiger partial charge in [0.2, 0.25) is 0 Å². The van der Waals surface area contributed by atoms with Crippen molar-refractivity contribution in [3.05, 3.63) is 0 Å². The Balaban J connectivity index is 1.92. The predicted octanol–water partition coefficient (Wildman–Crippen LogP) is 2.82. The van der Waals surface area contributed by atoms with Gasteiger partial charge in [0.15, 0.2) is 0 Å². The van der Waals surface area contributed by atoms with Gasteiger partial charge in [0, 0.05) is 38.3 Å². The summed E-state index contributed by atoms with van der Waals surface area (Å²) >= 11 is 0. The second-order valence-corrected chi connectivity index (χ2v) is 8.07. The van der Waals surface area contributed by atoms with Crippen molar-refractivity contribution in [3.63, 3.8) is 0 Å². The number of hydrogen-bond donors (Lipinski definition) is 1. The topological polar surface area (TPSA) is 18.5 Å². The van der Waals surface area contributed by atoms with Crippen molar-refractivity contribution in [2.24, 2.45) is 11.3 Å². The van der Waals surface area contributed by atoms with Crippen LogP contribution in [0.5, 0.6) is 0 Å². The molecule has 0 aromatic carbocycles. The molecule has 0 aromatic heterocycles. The molecule has 2 rings (SSSR count). The molecule has 1 aliphatic carbocycles. The number of hydrogen-bond acceptors (Lipinski definition) is 3. The first kappa shape index (κ1) is 17.2. The molecular weight excluding hydrogens is 258 g/mol. The van der Waals surface area contributed by atoms with Gasteiger partial charge in [0.25, 0.3) is 0 Å². The zero-order chi connectivity index (χ0) is 15.5. The van der Waals surface area contributed by atoms with E-state index < -0.39 is 0 Å². The molecule has 1 aliphatic heterocycles. The van der Waals surface area contributed by atoms with Crippen LogP contribution in [0.1, 0.15) is 53.9 Å². The maximum Gasteiger partial charge on any atom is 0.0195 e. The van der Waals surface area contributed by atoms with Gasteiger partial charge in [-0.2, -0.15) is 0 Å². The van der Waals surface area contributed by atoms with Crippen molar-refractivity contribution in [2.75, 3.05) is 39.3 Å². The molecule has 3 atom stereocenters. The van der Waals surface area contributed by atoms with Crippen molar-refractivity contribution < 1.29 is 0 Å². The zero-order valence-corrected chi connectivity index (χ0v) is 15.0. The van der Waals surface area contributed by atoms with E-state index in [1.54, 1.807) is 0 Å². The van der Waals surface area contributed by atoms with E-state index in [9.17, 15) is 0 Å². The van der Waals surface area contributed by atoms with Crippen molar-refractivity contribution in [1.29, 1.82) is 0 Å². The first-order valence-corrected chi connectivity index (χ1v) is 9.15. The minimum atomic E-state index is 0.535. The number of likely N-dealkylation sites (N-methyl/N-ethyl adjacent to an activating group) is 1. The summed E-state index contributed by atoms with van der Waals surface area (Å²) in [6.45, 7) is 19.2. The first-order chi connectivity index (χ1) is 9.95. The zero-order valence-electron chi connectivity index (χ0n) is 15.0. The molecule has 3 nitrogen and oxygen atoms in total. The van der Waals surface area contributed by atoms with Crippen LogP contribution in [-0.2, 0) is 0 Å². The molecule has 1 saturated heterocycles. The molecule has 21 heavy (non-hydrogen) atoms. The van der Waals surface area contributed by atoms with Crippen LogP contribution < -0.4 is 5.32 Å². The van der Waals surface area contributed by atoms with Crippen molar-refractivity contribution >= 4 is 0 Å². The lowest BCUT2D eigenvalue weighted by Gasteiger charge is -2.46. The Morgan fingerprint density at radius 1 is 1.19 bits per heavy atom. The Bertz CT molecular complexity index is 316. The largest absolute Gasteiger partial charge is 0.314 e. The highest BCUT2D eigenvalue weighted by Gasteiger charge is 2.36. The van der Waals surface area contributed by atoms with E-state index >= 15 is 0 Å². The van der Waals surface area contributed by atoms with Crippen LogP contribution >= 0.6 is 0 Å². The van der Waals surface area contributed by atoms with E-state index in [-0.39, 0.29) is 0 Å². The van der Waals surface area contributed by atoms with E-state index in [1.165, 1.54) is 52.0 Å². The summed E-state index contributed by atoms with van der Waals surface area (Å²) in [4.78, 5) is 5.34. The average molecular weight is 296 g/mol. The number of piperazine rings is 1. The van der Waals surface area contributed by atoms with E-state index in [0.717, 1.165) is 24.5 Å². The van der Waals surface area contributed by atoms with Crippen LogP contribution in [0.3, 0.4) is 0 Å². The SMILES string of the molecule is CCNC1CCC(C)(C)CC1CN1CCN(CC)C(C)C1. The molecule has 3 heteroatoms. The summed E-state index contributed by atoms with van der Waals surface area (Å²) in [5, 5.41) is 3.76. The van der Waals surface area contributed by atoms with E-state index in [0.29, 0.717) is 5.41 Å². The Kier molecular flexibility index (Phi) is 6.10. The molecule has 0 bridgehead atoms. The third kappa shape index (κ3) is 4.67. The standard InChI is InChI=1S/C18H37N3/c1-6-19-17-8-9-18(4,5)12-16(17)14-20-10-11-21(7-2)15(3)13-20/h15-17,19H,6-14H2,1-5H3. The first-order valence-electron chi connectivity index (χ1n) is 9.15. The Hall–Kier alpha value is -0.120. The summed E-state index contributed by atoms with van der Waals surface area (Å²) in [6.07, 6.45) is 4.12. The van der Waals surface area contributed by atoms with Gasteiger partial charge in [-0.1, -0.05) is 27.7 Å². The van der Waals surface area contributed by atoms with Gasteiger partial charge in [-0.15, -0.1) is 0 Å². The highest BCUT2D eigenvalue weighted by atomic mass is 15.3. The van der Waals surface area contributed by atoms with Crippen LogP contribution in [-0.4, -0.2) is 61.2 Å². The predicted molar refractivity (Wildman–Crippen MR) is 91.7 cm³/mol. The minimum absolute atomic E-state index is 0.535. The van der Waals surface area contributed by atoms with Gasteiger partial charge in [-0.25, -0.2) is 0 Å². The van der Waals surface area contributed by atoms with E-state index in [4.69, 9.17) is 0 Å². The summed E-state index contributed by atoms with van der Waals surface area (Å²) in [5.74, 6) is 0.828. The van der Waals surface area contributed by atoms with E-state index in [2.05, 4.69) is 49.7 Å². The Labute approximate surface area is 132 Å². The monoisotopic (exact) mass is 295 g/mol. The van der Waals surface area contributed by atoms with Crippen LogP contribution in [0.25, 0.3) is 0 Å². The number of rotatable bonds is 5. The molecule has 2 fully saturated rings. The van der Waals surface area contributed by atoms with E-state index in [1.807, 2.05) is 0 Å². The van der Waals surface area contributed by atoms with Gasteiger partial charge in [-0.3, -0.25) is 4.90 Å². The summed E-state index contributed by atoms with van der Waals surface area (Å²) in [7, 11) is 0. The molecule has 1 heterocycles. The lowest BCUT2D eigenvalue weighted by atomic mass is 9.69. The molecular formula is C18H37N3. The maximum atomic E-state index is 3.76. The molecule has 3 unspecified atom stereocenters. The van der Waals surface area contributed by atoms with Crippen molar-refractivity contribution in [2.45, 2.75) is 66.0 Å². The van der Waals surface area contributed by atoms with Gasteiger partial charge in [-0.05, 0) is 50.6 Å². The van der Waals surface area contributed by atoms with Crippen LogP contribution in [0.15, 0.2) is 0 Å². The fourth-order valence-corrected chi connectivity index (χ4v) is 4.50. The van der Waals surface area contributed by atoms with Crippen LogP contribution in [0.2, 0.25) is 0 Å². The van der Waals surface area contributed by atoms with Gasteiger partial charge >= 0.3 is 0 Å². The highest BCUT2D eigenvalue weighted by Crippen LogP contribution is 2.39. The lowest BCUT2D eigenvalue weighted by molar-refractivity contribution is 0.0485.